The van der Waals surface area contributed by atoms with E-state index in [4.69, 9.17) is 21.7 Å². The number of carbonyl (C=O) groups excluding carboxylic acids is 4. The third kappa shape index (κ3) is 8.91. The molecule has 0 aliphatic heterocycles. The molecule has 28 heavy (non-hydrogen) atoms. The van der Waals surface area contributed by atoms with Crippen molar-refractivity contribution < 1.29 is 44.1 Å². The molecule has 0 aliphatic carbocycles. The Kier molecular flexibility index (Phi) is 10.1. The molecule has 10 N–H and O–H groups in total. The maximum atomic E-state index is 12.0. The molecule has 0 spiro atoms. The molecule has 0 aliphatic rings. The molecule has 0 fully saturated rings. The number of aliphatic hydroxyl groups is 1. The van der Waals surface area contributed by atoms with Crippen LogP contribution >= 0.6 is 0 Å². The number of hydrogen-bond donors (Lipinski definition) is 8. The number of aliphatic hydroxyl groups excluding tert-OH is 1. The molecule has 0 heterocycles. The zero-order valence-electron chi connectivity index (χ0n) is 14.9. The van der Waals surface area contributed by atoms with Crippen LogP contribution in [0.2, 0.25) is 0 Å². The lowest BCUT2D eigenvalue weighted by Gasteiger charge is -2.22. The molecule has 0 saturated heterocycles. The number of aliphatic carboxylic acids is 2. The summed E-state index contributed by atoms with van der Waals surface area (Å²) >= 11 is 0. The van der Waals surface area contributed by atoms with Crippen molar-refractivity contribution in [2.75, 3.05) is 6.61 Å². The summed E-state index contributed by atoms with van der Waals surface area (Å²) in [6, 6.07) is -5.92. The van der Waals surface area contributed by atoms with Crippen LogP contribution in [0.1, 0.15) is 19.8 Å². The standard InChI is InChI=1S/C14H23N5O9/c1-5(17-12(25)6(15)2-9(16)21)11(24)19-8(4-20)13(26)18-7(14(27)28)3-10(22)23/h5-8,20H,2-4,15H2,1H3,(H2,16,21)(H,17,25)(H,18,26)(H,19,24)(H,22,23)(H,27,28). The lowest BCUT2D eigenvalue weighted by molar-refractivity contribution is -0.147. The van der Waals surface area contributed by atoms with Crippen LogP contribution in [0.3, 0.4) is 0 Å². The fourth-order valence-corrected chi connectivity index (χ4v) is 1.83. The first-order chi connectivity index (χ1) is 12.9. The molecule has 0 aromatic heterocycles. The van der Waals surface area contributed by atoms with Gasteiger partial charge in [-0.15, -0.1) is 0 Å². The third-order valence-electron chi connectivity index (χ3n) is 3.32. The Bertz CT molecular complexity index is 639. The zero-order valence-corrected chi connectivity index (χ0v) is 14.9. The van der Waals surface area contributed by atoms with Crippen LogP contribution in [-0.4, -0.2) is 81.7 Å². The molecule has 0 radical (unpaired) electrons. The number of amides is 4. The van der Waals surface area contributed by atoms with E-state index in [-0.39, 0.29) is 0 Å². The van der Waals surface area contributed by atoms with Gasteiger partial charge in [-0.2, -0.15) is 0 Å². The Morgan fingerprint density at radius 3 is 1.82 bits per heavy atom. The first-order valence-electron chi connectivity index (χ1n) is 7.89. The van der Waals surface area contributed by atoms with Crippen LogP contribution in [-0.2, 0) is 28.8 Å². The molecule has 0 bridgehead atoms. The van der Waals surface area contributed by atoms with Crippen molar-refractivity contribution in [3.8, 4) is 0 Å². The molecule has 0 rings (SSSR count). The van der Waals surface area contributed by atoms with Gasteiger partial charge in [0.05, 0.1) is 25.5 Å². The van der Waals surface area contributed by atoms with E-state index >= 15 is 0 Å². The van der Waals surface area contributed by atoms with E-state index < -0.39 is 79.2 Å². The van der Waals surface area contributed by atoms with Gasteiger partial charge in [0.25, 0.3) is 0 Å². The molecular formula is C14H23N5O9. The summed E-state index contributed by atoms with van der Waals surface area (Å²) in [5.41, 5.74) is 10.3. The molecule has 4 amide bonds. The first-order valence-corrected chi connectivity index (χ1v) is 7.89. The van der Waals surface area contributed by atoms with Gasteiger partial charge in [-0.3, -0.25) is 24.0 Å². The van der Waals surface area contributed by atoms with Crippen LogP contribution in [0, 0.1) is 0 Å². The number of carboxylic acids is 2. The highest BCUT2D eigenvalue weighted by Gasteiger charge is 2.29. The van der Waals surface area contributed by atoms with Crippen molar-refractivity contribution in [2.45, 2.75) is 43.9 Å². The average molecular weight is 405 g/mol. The van der Waals surface area contributed by atoms with Crippen molar-refractivity contribution in [2.24, 2.45) is 11.5 Å². The summed E-state index contributed by atoms with van der Waals surface area (Å²) in [5, 5.41) is 32.9. The third-order valence-corrected chi connectivity index (χ3v) is 3.32. The largest absolute Gasteiger partial charge is 0.481 e. The van der Waals surface area contributed by atoms with Crippen LogP contribution in [0.15, 0.2) is 0 Å². The van der Waals surface area contributed by atoms with E-state index in [9.17, 15) is 33.9 Å². The molecule has 4 unspecified atom stereocenters. The number of carboxylic acid groups (broad SMARTS) is 2. The predicted molar refractivity (Wildman–Crippen MR) is 90.2 cm³/mol. The lowest BCUT2D eigenvalue weighted by Crippen LogP contribution is -2.57. The van der Waals surface area contributed by atoms with Crippen LogP contribution in [0.5, 0.6) is 0 Å². The quantitative estimate of drug-likeness (QED) is 0.154. The normalized spacial score (nSPS) is 14.7. The maximum Gasteiger partial charge on any atom is 0.326 e. The smallest absolute Gasteiger partial charge is 0.326 e. The molecule has 14 heteroatoms. The summed E-state index contributed by atoms with van der Waals surface area (Å²) in [4.78, 5) is 68.0. The average Bonchev–Trinajstić information content (AvgIpc) is 2.57. The minimum Gasteiger partial charge on any atom is -0.481 e. The molecular weight excluding hydrogens is 382 g/mol. The Labute approximate surface area is 158 Å². The number of carbonyl (C=O) groups is 6. The van der Waals surface area contributed by atoms with Crippen molar-refractivity contribution in [1.82, 2.24) is 16.0 Å². The number of nitrogens with two attached hydrogens (primary N) is 2. The topological polar surface area (TPSA) is 251 Å². The van der Waals surface area contributed by atoms with Gasteiger partial charge in [0, 0.05) is 0 Å². The van der Waals surface area contributed by atoms with Crippen LogP contribution in [0.25, 0.3) is 0 Å². The summed E-state index contributed by atoms with van der Waals surface area (Å²) in [5.74, 6) is -6.87. The van der Waals surface area contributed by atoms with Gasteiger partial charge < -0.3 is 42.7 Å². The van der Waals surface area contributed by atoms with Crippen LogP contribution < -0.4 is 27.4 Å². The highest BCUT2D eigenvalue weighted by atomic mass is 16.4. The highest BCUT2D eigenvalue weighted by molar-refractivity contribution is 5.95. The van der Waals surface area contributed by atoms with Gasteiger partial charge >= 0.3 is 11.9 Å². The molecule has 4 atom stereocenters. The molecule has 158 valence electrons. The summed E-state index contributed by atoms with van der Waals surface area (Å²) in [6.07, 6.45) is -1.38. The van der Waals surface area contributed by atoms with E-state index in [2.05, 4.69) is 10.6 Å². The number of nitrogens with one attached hydrogen (secondary N) is 3. The van der Waals surface area contributed by atoms with E-state index in [0.717, 1.165) is 0 Å². The van der Waals surface area contributed by atoms with Crippen molar-refractivity contribution >= 4 is 35.6 Å². The second-order valence-corrected chi connectivity index (χ2v) is 5.75. The second kappa shape index (κ2) is 11.5. The zero-order chi connectivity index (χ0) is 22.0. The van der Waals surface area contributed by atoms with Crippen molar-refractivity contribution in [3.63, 3.8) is 0 Å². The minimum absolute atomic E-state index is 0.456. The Morgan fingerprint density at radius 2 is 1.39 bits per heavy atom. The van der Waals surface area contributed by atoms with Gasteiger partial charge in [0.2, 0.25) is 23.6 Å². The number of primary amides is 1. The van der Waals surface area contributed by atoms with Gasteiger partial charge in [-0.1, -0.05) is 0 Å². The Hall–Kier alpha value is -3.26. The fraction of sp³-hybridized carbons (Fsp3) is 0.571. The molecule has 14 nitrogen and oxygen atoms in total. The van der Waals surface area contributed by atoms with E-state index in [0.29, 0.717) is 0 Å². The van der Waals surface area contributed by atoms with Crippen molar-refractivity contribution in [1.29, 1.82) is 0 Å². The van der Waals surface area contributed by atoms with Gasteiger partial charge in [-0.25, -0.2) is 4.79 Å². The fourth-order valence-electron chi connectivity index (χ4n) is 1.83. The Morgan fingerprint density at radius 1 is 0.857 bits per heavy atom. The van der Waals surface area contributed by atoms with Crippen LogP contribution in [0.4, 0.5) is 0 Å². The monoisotopic (exact) mass is 405 g/mol. The first kappa shape index (κ1) is 24.7. The summed E-state index contributed by atoms with van der Waals surface area (Å²) in [6.45, 7) is 0.292. The molecule has 0 saturated carbocycles. The van der Waals surface area contributed by atoms with Gasteiger partial charge in [0.1, 0.15) is 18.1 Å². The second-order valence-electron chi connectivity index (χ2n) is 5.75. The van der Waals surface area contributed by atoms with Gasteiger partial charge in [0.15, 0.2) is 0 Å². The van der Waals surface area contributed by atoms with E-state index in [1.54, 1.807) is 0 Å². The maximum absolute atomic E-state index is 12.0. The molecule has 0 aromatic carbocycles. The lowest BCUT2D eigenvalue weighted by atomic mass is 10.1. The molecule has 0 aromatic rings. The van der Waals surface area contributed by atoms with Crippen molar-refractivity contribution in [3.05, 3.63) is 0 Å². The van der Waals surface area contributed by atoms with E-state index in [1.165, 1.54) is 6.92 Å². The number of hydrogen-bond acceptors (Lipinski definition) is 8. The SMILES string of the molecule is CC(NC(=O)C(N)CC(N)=O)C(=O)NC(CO)C(=O)NC(CC(=O)O)C(=O)O. The highest BCUT2D eigenvalue weighted by Crippen LogP contribution is 1.96. The van der Waals surface area contributed by atoms with E-state index in [1.807, 2.05) is 5.32 Å². The Balaban J connectivity index is 4.85. The van der Waals surface area contributed by atoms with Gasteiger partial charge in [-0.05, 0) is 6.92 Å². The summed E-state index contributed by atoms with van der Waals surface area (Å²) < 4.78 is 0. The minimum atomic E-state index is -1.78. The summed E-state index contributed by atoms with van der Waals surface area (Å²) in [7, 11) is 0. The predicted octanol–water partition coefficient (Wildman–Crippen LogP) is -4.78. The number of rotatable bonds is 12.